The molecule has 0 spiro atoms. The molecule has 0 aliphatic heterocycles. The molecule has 7 heteroatoms. The number of carbonyl (C=O) groups is 2. The molecule has 0 fully saturated rings. The van der Waals surface area contributed by atoms with E-state index in [2.05, 4.69) is 10.3 Å². The number of hydrogen-bond acceptors (Lipinski definition) is 4. The zero-order valence-electron chi connectivity index (χ0n) is 13.1. The third-order valence-corrected chi connectivity index (χ3v) is 4.60. The first kappa shape index (κ1) is 16.8. The molecule has 2 aromatic carbocycles. The van der Waals surface area contributed by atoms with Crippen molar-refractivity contribution >= 4 is 40.0 Å². The van der Waals surface area contributed by atoms with Gasteiger partial charge >= 0.3 is 0 Å². The Kier molecular flexibility index (Phi) is 4.85. The van der Waals surface area contributed by atoms with Gasteiger partial charge < -0.3 is 16.0 Å². The number of H-pyrrole nitrogens is 1. The van der Waals surface area contributed by atoms with E-state index in [0.29, 0.717) is 16.5 Å². The van der Waals surface area contributed by atoms with Crippen LogP contribution in [0.25, 0.3) is 10.8 Å². The van der Waals surface area contributed by atoms with Gasteiger partial charge in [0, 0.05) is 10.3 Å². The van der Waals surface area contributed by atoms with Crippen molar-refractivity contribution in [3.63, 3.8) is 0 Å². The molecule has 6 nitrogen and oxygen atoms in total. The van der Waals surface area contributed by atoms with Gasteiger partial charge in [-0.05, 0) is 29.7 Å². The van der Waals surface area contributed by atoms with Crippen molar-refractivity contribution in [2.75, 3.05) is 11.1 Å². The highest BCUT2D eigenvalue weighted by atomic mass is 32.2. The van der Waals surface area contributed by atoms with Crippen molar-refractivity contribution in [2.24, 2.45) is 5.73 Å². The number of carbonyl (C=O) groups excluding carboxylic acids is 2. The molecule has 3 rings (SSSR count). The highest BCUT2D eigenvalue weighted by Crippen LogP contribution is 2.27. The van der Waals surface area contributed by atoms with E-state index in [1.54, 1.807) is 54.6 Å². The number of pyridine rings is 1. The molecule has 0 atom stereocenters. The van der Waals surface area contributed by atoms with Gasteiger partial charge in [0.05, 0.1) is 11.4 Å². The summed E-state index contributed by atoms with van der Waals surface area (Å²) in [6.07, 6.45) is 0. The van der Waals surface area contributed by atoms with Gasteiger partial charge in [0.25, 0.3) is 11.5 Å². The van der Waals surface area contributed by atoms with Gasteiger partial charge in [-0.25, -0.2) is 0 Å². The van der Waals surface area contributed by atoms with E-state index in [4.69, 9.17) is 5.73 Å². The molecule has 4 N–H and O–H groups in total. The number of aromatic amines is 1. The zero-order valence-corrected chi connectivity index (χ0v) is 13.9. The number of thioether (sulfide) groups is 1. The van der Waals surface area contributed by atoms with Gasteiger partial charge in [-0.15, -0.1) is 11.8 Å². The Labute approximate surface area is 147 Å². The average molecular weight is 353 g/mol. The van der Waals surface area contributed by atoms with Crippen LogP contribution in [0.2, 0.25) is 0 Å². The standard InChI is InChI=1S/C18H15N3O3S/c19-16(22)10-25-15-8-4-3-7-13(15)20-18(24)14-9-11-5-1-2-6-12(11)17(23)21-14/h1-9H,10H2,(H2,19,22)(H,20,24)(H,21,23). The van der Waals surface area contributed by atoms with E-state index in [0.717, 1.165) is 4.90 Å². The molecule has 2 amide bonds. The van der Waals surface area contributed by atoms with Crippen molar-refractivity contribution in [3.8, 4) is 0 Å². The molecule has 0 radical (unpaired) electrons. The molecule has 0 saturated heterocycles. The first-order valence-electron chi connectivity index (χ1n) is 7.48. The molecule has 126 valence electrons. The minimum absolute atomic E-state index is 0.111. The van der Waals surface area contributed by atoms with Crippen LogP contribution >= 0.6 is 11.8 Å². The number of primary amides is 1. The molecule has 0 unspecified atom stereocenters. The first-order valence-corrected chi connectivity index (χ1v) is 8.47. The van der Waals surface area contributed by atoms with Crippen molar-refractivity contribution in [1.82, 2.24) is 4.98 Å². The zero-order chi connectivity index (χ0) is 17.8. The molecule has 1 aromatic heterocycles. The highest BCUT2D eigenvalue weighted by molar-refractivity contribution is 8.00. The summed E-state index contributed by atoms with van der Waals surface area (Å²) in [6, 6.07) is 15.8. The smallest absolute Gasteiger partial charge is 0.272 e. The van der Waals surface area contributed by atoms with Gasteiger partial charge in [-0.2, -0.15) is 0 Å². The lowest BCUT2D eigenvalue weighted by Gasteiger charge is -2.10. The Morgan fingerprint density at radius 1 is 1.08 bits per heavy atom. The number of amides is 2. The second kappa shape index (κ2) is 7.23. The largest absolute Gasteiger partial charge is 0.369 e. The number of aromatic nitrogens is 1. The predicted octanol–water partition coefficient (Wildman–Crippen LogP) is 2.36. The molecular formula is C18H15N3O3S. The van der Waals surface area contributed by atoms with Crippen molar-refractivity contribution in [2.45, 2.75) is 4.90 Å². The number of fused-ring (bicyclic) bond motifs is 1. The summed E-state index contributed by atoms with van der Waals surface area (Å²) >= 11 is 1.24. The highest BCUT2D eigenvalue weighted by Gasteiger charge is 2.12. The lowest BCUT2D eigenvalue weighted by molar-refractivity contribution is -0.115. The fourth-order valence-corrected chi connectivity index (χ4v) is 3.11. The first-order chi connectivity index (χ1) is 12.0. The van der Waals surface area contributed by atoms with Crippen LogP contribution in [0.15, 0.2) is 64.3 Å². The molecular weight excluding hydrogens is 338 g/mol. The van der Waals surface area contributed by atoms with Gasteiger partial charge in [0.15, 0.2) is 0 Å². The molecule has 0 saturated carbocycles. The molecule has 0 aliphatic carbocycles. The van der Waals surface area contributed by atoms with Gasteiger partial charge in [-0.3, -0.25) is 14.4 Å². The number of rotatable bonds is 5. The maximum absolute atomic E-state index is 12.5. The van der Waals surface area contributed by atoms with Crippen LogP contribution in [0, 0.1) is 0 Å². The third-order valence-electron chi connectivity index (χ3n) is 3.50. The van der Waals surface area contributed by atoms with Crippen LogP contribution in [0.3, 0.4) is 0 Å². The molecule has 25 heavy (non-hydrogen) atoms. The maximum Gasteiger partial charge on any atom is 0.272 e. The third kappa shape index (κ3) is 3.89. The fourth-order valence-electron chi connectivity index (χ4n) is 2.37. The molecule has 3 aromatic rings. The van der Waals surface area contributed by atoms with E-state index >= 15 is 0 Å². The summed E-state index contributed by atoms with van der Waals surface area (Å²) in [6.45, 7) is 0. The fraction of sp³-hybridized carbons (Fsp3) is 0.0556. The van der Waals surface area contributed by atoms with E-state index in [1.807, 2.05) is 0 Å². The maximum atomic E-state index is 12.5. The minimum Gasteiger partial charge on any atom is -0.369 e. The van der Waals surface area contributed by atoms with Crippen molar-refractivity contribution in [3.05, 3.63) is 70.6 Å². The lowest BCUT2D eigenvalue weighted by Crippen LogP contribution is -2.19. The monoisotopic (exact) mass is 353 g/mol. The Morgan fingerprint density at radius 3 is 2.60 bits per heavy atom. The Bertz CT molecular complexity index is 1010. The van der Waals surface area contributed by atoms with Crippen LogP contribution in [0.4, 0.5) is 5.69 Å². The summed E-state index contributed by atoms with van der Waals surface area (Å²) in [5.74, 6) is -0.764. The Balaban J connectivity index is 1.88. The minimum atomic E-state index is -0.440. The molecule has 0 aliphatic rings. The second-order valence-corrected chi connectivity index (χ2v) is 6.32. The average Bonchev–Trinajstić information content (AvgIpc) is 2.61. The van der Waals surface area contributed by atoms with Gasteiger partial charge in [0.1, 0.15) is 5.69 Å². The normalized spacial score (nSPS) is 10.6. The number of para-hydroxylation sites is 1. The SMILES string of the molecule is NC(=O)CSc1ccccc1NC(=O)c1cc2ccccc2c(=O)[nH]1. The quantitative estimate of drug-likeness (QED) is 0.612. The van der Waals surface area contributed by atoms with Crippen LogP contribution < -0.4 is 16.6 Å². The number of nitrogens with one attached hydrogen (secondary N) is 2. The summed E-state index contributed by atoms with van der Waals surface area (Å²) in [5, 5.41) is 3.97. The summed E-state index contributed by atoms with van der Waals surface area (Å²) in [4.78, 5) is 38.9. The van der Waals surface area contributed by atoms with Crippen LogP contribution in [-0.4, -0.2) is 22.6 Å². The van der Waals surface area contributed by atoms with Crippen molar-refractivity contribution < 1.29 is 9.59 Å². The number of nitrogens with two attached hydrogens (primary N) is 1. The number of hydrogen-bond donors (Lipinski definition) is 3. The van der Waals surface area contributed by atoms with Crippen molar-refractivity contribution in [1.29, 1.82) is 0 Å². The topological polar surface area (TPSA) is 105 Å². The summed E-state index contributed by atoms with van der Waals surface area (Å²) in [7, 11) is 0. The van der Waals surface area contributed by atoms with E-state index in [1.165, 1.54) is 11.8 Å². The summed E-state index contributed by atoms with van der Waals surface area (Å²) in [5.41, 5.74) is 5.56. The van der Waals surface area contributed by atoms with Gasteiger partial charge in [0.2, 0.25) is 5.91 Å². The van der Waals surface area contributed by atoms with E-state index < -0.39 is 11.8 Å². The number of benzene rings is 2. The van der Waals surface area contributed by atoms with E-state index in [-0.39, 0.29) is 17.0 Å². The summed E-state index contributed by atoms with van der Waals surface area (Å²) < 4.78 is 0. The van der Waals surface area contributed by atoms with Gasteiger partial charge in [-0.1, -0.05) is 30.3 Å². The van der Waals surface area contributed by atoms with Crippen LogP contribution in [-0.2, 0) is 4.79 Å². The molecule has 1 heterocycles. The Morgan fingerprint density at radius 2 is 1.80 bits per heavy atom. The lowest BCUT2D eigenvalue weighted by atomic mass is 10.1. The number of anilines is 1. The van der Waals surface area contributed by atoms with Crippen LogP contribution in [0.1, 0.15) is 10.5 Å². The molecule has 0 bridgehead atoms. The van der Waals surface area contributed by atoms with E-state index in [9.17, 15) is 14.4 Å². The predicted molar refractivity (Wildman–Crippen MR) is 98.9 cm³/mol. The van der Waals surface area contributed by atoms with Crippen LogP contribution in [0.5, 0.6) is 0 Å². The Hall–Kier alpha value is -3.06. The second-order valence-electron chi connectivity index (χ2n) is 5.30.